The van der Waals surface area contributed by atoms with E-state index in [1.165, 1.54) is 22.4 Å². The van der Waals surface area contributed by atoms with E-state index >= 15 is 0 Å². The zero-order valence-electron chi connectivity index (χ0n) is 13.2. The van der Waals surface area contributed by atoms with Gasteiger partial charge in [-0.1, -0.05) is 13.0 Å². The Balaban J connectivity index is 2.21. The molecule has 108 valence electrons. The first-order chi connectivity index (χ1) is 9.52. The van der Waals surface area contributed by atoms with E-state index < -0.39 is 0 Å². The lowest BCUT2D eigenvalue weighted by atomic mass is 10.1. The standard InChI is InChI=1S/C17H25N3/c1-6-14(4)18-10-16-11-19-20(15(16)5)17-8-7-12(2)13(3)9-17/h7-9,11,14,18H,6,10H2,1-5H3. The lowest BCUT2D eigenvalue weighted by Crippen LogP contribution is -2.24. The Hall–Kier alpha value is -1.61. The highest BCUT2D eigenvalue weighted by Crippen LogP contribution is 2.17. The Bertz CT molecular complexity index is 584. The summed E-state index contributed by atoms with van der Waals surface area (Å²) in [6.45, 7) is 11.7. The molecule has 1 atom stereocenters. The van der Waals surface area contributed by atoms with Crippen LogP contribution in [0.25, 0.3) is 5.69 Å². The molecule has 1 heterocycles. The van der Waals surface area contributed by atoms with Gasteiger partial charge in [-0.2, -0.15) is 5.10 Å². The first kappa shape index (κ1) is 14.8. The molecule has 0 fully saturated rings. The van der Waals surface area contributed by atoms with Gasteiger partial charge in [0.05, 0.1) is 11.9 Å². The summed E-state index contributed by atoms with van der Waals surface area (Å²) in [4.78, 5) is 0. The Morgan fingerprint density at radius 3 is 2.60 bits per heavy atom. The number of aryl methyl sites for hydroxylation is 2. The number of hydrogen-bond acceptors (Lipinski definition) is 2. The number of rotatable bonds is 5. The Morgan fingerprint density at radius 1 is 1.20 bits per heavy atom. The SMILES string of the molecule is CCC(C)NCc1cnn(-c2ccc(C)c(C)c2)c1C. The topological polar surface area (TPSA) is 29.9 Å². The molecule has 0 radical (unpaired) electrons. The van der Waals surface area contributed by atoms with Crippen molar-refractivity contribution < 1.29 is 0 Å². The number of nitrogens with one attached hydrogen (secondary N) is 1. The molecule has 3 nitrogen and oxygen atoms in total. The van der Waals surface area contributed by atoms with Crippen LogP contribution in [0.4, 0.5) is 0 Å². The molecule has 0 bridgehead atoms. The van der Waals surface area contributed by atoms with Crippen molar-refractivity contribution in [1.82, 2.24) is 15.1 Å². The van der Waals surface area contributed by atoms with Crippen molar-refractivity contribution in [3.63, 3.8) is 0 Å². The average molecular weight is 271 g/mol. The minimum atomic E-state index is 0.541. The second-order valence-corrected chi connectivity index (χ2v) is 5.63. The van der Waals surface area contributed by atoms with E-state index in [9.17, 15) is 0 Å². The molecule has 0 saturated carbocycles. The van der Waals surface area contributed by atoms with Crippen LogP contribution in [-0.2, 0) is 6.54 Å². The van der Waals surface area contributed by atoms with Crippen LogP contribution in [0.5, 0.6) is 0 Å². The van der Waals surface area contributed by atoms with Crippen LogP contribution in [0.3, 0.4) is 0 Å². The average Bonchev–Trinajstić information content (AvgIpc) is 2.80. The first-order valence-corrected chi connectivity index (χ1v) is 7.37. The molecule has 1 unspecified atom stereocenters. The van der Waals surface area contributed by atoms with Gasteiger partial charge in [-0.25, -0.2) is 4.68 Å². The first-order valence-electron chi connectivity index (χ1n) is 7.37. The Kier molecular flexibility index (Phi) is 4.61. The number of hydrogen-bond donors (Lipinski definition) is 1. The van der Waals surface area contributed by atoms with Crippen molar-refractivity contribution in [2.75, 3.05) is 0 Å². The molecular formula is C17H25N3. The van der Waals surface area contributed by atoms with E-state index in [0.717, 1.165) is 18.7 Å². The number of benzene rings is 1. The van der Waals surface area contributed by atoms with Crippen LogP contribution >= 0.6 is 0 Å². The van der Waals surface area contributed by atoms with Crippen molar-refractivity contribution in [3.05, 3.63) is 46.8 Å². The third-order valence-corrected chi connectivity index (χ3v) is 4.10. The van der Waals surface area contributed by atoms with Gasteiger partial charge in [0, 0.05) is 23.8 Å². The quantitative estimate of drug-likeness (QED) is 0.899. The van der Waals surface area contributed by atoms with Crippen molar-refractivity contribution in [2.24, 2.45) is 0 Å². The van der Waals surface area contributed by atoms with Crippen LogP contribution in [0.15, 0.2) is 24.4 Å². The summed E-state index contributed by atoms with van der Waals surface area (Å²) in [5, 5.41) is 8.06. The smallest absolute Gasteiger partial charge is 0.0651 e. The summed E-state index contributed by atoms with van der Waals surface area (Å²) in [5.74, 6) is 0. The van der Waals surface area contributed by atoms with Gasteiger partial charge < -0.3 is 5.32 Å². The predicted molar refractivity (Wildman–Crippen MR) is 84.4 cm³/mol. The summed E-state index contributed by atoms with van der Waals surface area (Å²) < 4.78 is 2.03. The molecule has 3 heteroatoms. The fraction of sp³-hybridized carbons (Fsp3) is 0.471. The maximum absolute atomic E-state index is 4.54. The lowest BCUT2D eigenvalue weighted by Gasteiger charge is -2.11. The van der Waals surface area contributed by atoms with Gasteiger partial charge in [0.1, 0.15) is 0 Å². The van der Waals surface area contributed by atoms with Gasteiger partial charge >= 0.3 is 0 Å². The molecule has 1 N–H and O–H groups in total. The van der Waals surface area contributed by atoms with E-state index in [4.69, 9.17) is 0 Å². The van der Waals surface area contributed by atoms with Gasteiger partial charge in [0.2, 0.25) is 0 Å². The summed E-state index contributed by atoms with van der Waals surface area (Å²) in [6.07, 6.45) is 3.12. The van der Waals surface area contributed by atoms with Gasteiger partial charge in [-0.3, -0.25) is 0 Å². The molecule has 0 aliphatic heterocycles. The van der Waals surface area contributed by atoms with Crippen LogP contribution in [0.2, 0.25) is 0 Å². The Morgan fingerprint density at radius 2 is 1.95 bits per heavy atom. The van der Waals surface area contributed by atoms with E-state index in [-0.39, 0.29) is 0 Å². The fourth-order valence-electron chi connectivity index (χ4n) is 2.16. The van der Waals surface area contributed by atoms with Crippen LogP contribution < -0.4 is 5.32 Å². The second-order valence-electron chi connectivity index (χ2n) is 5.63. The highest BCUT2D eigenvalue weighted by Gasteiger charge is 2.09. The minimum absolute atomic E-state index is 0.541. The summed E-state index contributed by atoms with van der Waals surface area (Å²) in [7, 11) is 0. The van der Waals surface area contributed by atoms with Crippen molar-refractivity contribution >= 4 is 0 Å². The Labute approximate surface area is 122 Å². The fourth-order valence-corrected chi connectivity index (χ4v) is 2.16. The van der Waals surface area contributed by atoms with Gasteiger partial charge in [0.15, 0.2) is 0 Å². The predicted octanol–water partition coefficient (Wildman–Crippen LogP) is 3.69. The van der Waals surface area contributed by atoms with Crippen LogP contribution in [-0.4, -0.2) is 15.8 Å². The molecule has 2 aromatic rings. The lowest BCUT2D eigenvalue weighted by molar-refractivity contribution is 0.533. The molecule has 0 amide bonds. The highest BCUT2D eigenvalue weighted by molar-refractivity contribution is 5.41. The van der Waals surface area contributed by atoms with Gasteiger partial charge in [-0.05, 0) is 57.4 Å². The molecule has 0 aliphatic rings. The molecule has 0 spiro atoms. The van der Waals surface area contributed by atoms with E-state index in [1.807, 2.05) is 10.9 Å². The molecule has 1 aromatic heterocycles. The highest BCUT2D eigenvalue weighted by atomic mass is 15.3. The molecule has 0 aliphatic carbocycles. The maximum atomic E-state index is 4.54. The van der Waals surface area contributed by atoms with Crippen molar-refractivity contribution in [1.29, 1.82) is 0 Å². The molecule has 2 rings (SSSR count). The third kappa shape index (κ3) is 3.10. The van der Waals surface area contributed by atoms with E-state index in [1.54, 1.807) is 0 Å². The normalized spacial score (nSPS) is 12.7. The number of aromatic nitrogens is 2. The minimum Gasteiger partial charge on any atom is -0.310 e. The maximum Gasteiger partial charge on any atom is 0.0651 e. The zero-order chi connectivity index (χ0) is 14.7. The van der Waals surface area contributed by atoms with Crippen LogP contribution in [0.1, 0.15) is 42.7 Å². The molecule has 1 aromatic carbocycles. The largest absolute Gasteiger partial charge is 0.310 e. The molecule has 20 heavy (non-hydrogen) atoms. The molecule has 0 saturated heterocycles. The van der Waals surface area contributed by atoms with Crippen LogP contribution in [0, 0.1) is 20.8 Å². The summed E-state index contributed by atoms with van der Waals surface area (Å²) >= 11 is 0. The summed E-state index contributed by atoms with van der Waals surface area (Å²) in [5.41, 5.74) is 6.24. The number of nitrogens with zero attached hydrogens (tertiary/aromatic N) is 2. The van der Waals surface area contributed by atoms with Gasteiger partial charge in [0.25, 0.3) is 0 Å². The summed E-state index contributed by atoms with van der Waals surface area (Å²) in [6, 6.07) is 7.03. The third-order valence-electron chi connectivity index (χ3n) is 4.10. The van der Waals surface area contributed by atoms with E-state index in [0.29, 0.717) is 6.04 Å². The van der Waals surface area contributed by atoms with Crippen molar-refractivity contribution in [3.8, 4) is 5.69 Å². The second kappa shape index (κ2) is 6.23. The van der Waals surface area contributed by atoms with Crippen molar-refractivity contribution in [2.45, 2.75) is 53.6 Å². The monoisotopic (exact) mass is 271 g/mol. The van der Waals surface area contributed by atoms with E-state index in [2.05, 4.69) is 63.2 Å². The molecular weight excluding hydrogens is 246 g/mol. The van der Waals surface area contributed by atoms with Gasteiger partial charge in [-0.15, -0.1) is 0 Å². The zero-order valence-corrected chi connectivity index (χ0v) is 13.2.